The highest BCUT2D eigenvalue weighted by Gasteiger charge is 2.44. The SMILES string of the molecule is CCCCCCCCC1(O)C(=O)Nc2ccccc21. The Bertz CT molecular complexity index is 444. The van der Waals surface area contributed by atoms with E-state index >= 15 is 0 Å². The zero-order chi connectivity index (χ0) is 13.7. The third-order valence-corrected chi connectivity index (χ3v) is 3.89. The van der Waals surface area contributed by atoms with Crippen molar-refractivity contribution in [1.29, 1.82) is 0 Å². The Hall–Kier alpha value is -1.35. The van der Waals surface area contributed by atoms with E-state index in [9.17, 15) is 9.90 Å². The van der Waals surface area contributed by atoms with E-state index in [1.54, 1.807) is 0 Å². The molecule has 0 fully saturated rings. The van der Waals surface area contributed by atoms with Gasteiger partial charge in [0.1, 0.15) is 0 Å². The molecule has 1 atom stereocenters. The molecule has 1 aliphatic rings. The standard InChI is InChI=1S/C16H23NO2/c1-2-3-4-5-6-9-12-16(19)13-10-7-8-11-14(13)17-15(16)18/h7-8,10-11,19H,2-6,9,12H2,1H3,(H,17,18). The number of rotatable bonds is 7. The summed E-state index contributed by atoms with van der Waals surface area (Å²) in [4.78, 5) is 12.0. The maximum absolute atomic E-state index is 12.0. The quantitative estimate of drug-likeness (QED) is 0.737. The molecule has 0 spiro atoms. The fourth-order valence-electron chi connectivity index (χ4n) is 2.71. The number of amides is 1. The minimum Gasteiger partial charge on any atom is -0.375 e. The van der Waals surface area contributed by atoms with Crippen LogP contribution in [0.5, 0.6) is 0 Å². The fourth-order valence-corrected chi connectivity index (χ4v) is 2.71. The van der Waals surface area contributed by atoms with Crippen molar-refractivity contribution in [2.24, 2.45) is 0 Å². The van der Waals surface area contributed by atoms with E-state index in [1.165, 1.54) is 25.7 Å². The van der Waals surface area contributed by atoms with Crippen molar-refractivity contribution in [3.8, 4) is 0 Å². The van der Waals surface area contributed by atoms with Gasteiger partial charge in [-0.1, -0.05) is 57.2 Å². The molecule has 2 rings (SSSR count). The number of carbonyl (C=O) groups is 1. The van der Waals surface area contributed by atoms with E-state index in [-0.39, 0.29) is 5.91 Å². The minimum absolute atomic E-state index is 0.276. The number of anilines is 1. The number of hydrogen-bond donors (Lipinski definition) is 2. The smallest absolute Gasteiger partial charge is 0.261 e. The Morgan fingerprint density at radius 1 is 1.11 bits per heavy atom. The molecule has 1 aromatic carbocycles. The molecule has 0 bridgehead atoms. The van der Waals surface area contributed by atoms with Crippen LogP contribution in [-0.2, 0) is 10.4 Å². The summed E-state index contributed by atoms with van der Waals surface area (Å²) in [5.41, 5.74) is 0.163. The van der Waals surface area contributed by atoms with Crippen LogP contribution in [0.25, 0.3) is 0 Å². The Morgan fingerprint density at radius 2 is 1.79 bits per heavy atom. The molecule has 104 valence electrons. The number of para-hydroxylation sites is 1. The average molecular weight is 261 g/mol. The number of nitrogens with one attached hydrogen (secondary N) is 1. The summed E-state index contributed by atoms with van der Waals surface area (Å²) in [5, 5.41) is 13.4. The van der Waals surface area contributed by atoms with Gasteiger partial charge in [0.15, 0.2) is 5.60 Å². The average Bonchev–Trinajstić information content (AvgIpc) is 2.67. The lowest BCUT2D eigenvalue weighted by molar-refractivity contribution is -0.134. The van der Waals surface area contributed by atoms with Gasteiger partial charge < -0.3 is 10.4 Å². The van der Waals surface area contributed by atoms with Gasteiger partial charge in [0, 0.05) is 11.3 Å². The topological polar surface area (TPSA) is 49.3 Å². The van der Waals surface area contributed by atoms with Crippen LogP contribution in [0.15, 0.2) is 24.3 Å². The van der Waals surface area contributed by atoms with Crippen molar-refractivity contribution in [2.45, 2.75) is 57.5 Å². The van der Waals surface area contributed by atoms with Gasteiger partial charge in [0.05, 0.1) is 0 Å². The van der Waals surface area contributed by atoms with E-state index in [2.05, 4.69) is 12.2 Å². The van der Waals surface area contributed by atoms with Crippen molar-refractivity contribution in [1.82, 2.24) is 0 Å². The van der Waals surface area contributed by atoms with Crippen molar-refractivity contribution in [2.75, 3.05) is 5.32 Å². The first-order valence-electron chi connectivity index (χ1n) is 7.32. The van der Waals surface area contributed by atoms with Crippen LogP contribution in [0, 0.1) is 0 Å². The van der Waals surface area contributed by atoms with Gasteiger partial charge in [-0.25, -0.2) is 0 Å². The van der Waals surface area contributed by atoms with Gasteiger partial charge in [-0.2, -0.15) is 0 Å². The molecule has 1 amide bonds. The monoisotopic (exact) mass is 261 g/mol. The Balaban J connectivity index is 1.90. The first kappa shape index (κ1) is 14.1. The summed E-state index contributed by atoms with van der Waals surface area (Å²) in [6.45, 7) is 2.20. The summed E-state index contributed by atoms with van der Waals surface area (Å²) in [6, 6.07) is 7.41. The maximum Gasteiger partial charge on any atom is 0.261 e. The number of fused-ring (bicyclic) bond motifs is 1. The van der Waals surface area contributed by atoms with E-state index in [4.69, 9.17) is 0 Å². The minimum atomic E-state index is -1.32. The molecule has 3 heteroatoms. The Kier molecular flexibility index (Phi) is 4.59. The second kappa shape index (κ2) is 6.20. The van der Waals surface area contributed by atoms with Gasteiger partial charge in [-0.15, -0.1) is 0 Å². The number of unbranched alkanes of at least 4 members (excludes halogenated alkanes) is 5. The lowest BCUT2D eigenvalue weighted by Crippen LogP contribution is -2.34. The van der Waals surface area contributed by atoms with Gasteiger partial charge in [-0.3, -0.25) is 4.79 Å². The van der Waals surface area contributed by atoms with Crippen LogP contribution in [0.4, 0.5) is 5.69 Å². The lowest BCUT2D eigenvalue weighted by Gasteiger charge is -2.20. The molecule has 3 nitrogen and oxygen atoms in total. The maximum atomic E-state index is 12.0. The zero-order valence-electron chi connectivity index (χ0n) is 11.6. The van der Waals surface area contributed by atoms with Crippen LogP contribution >= 0.6 is 0 Å². The molecule has 1 heterocycles. The second-order valence-electron chi connectivity index (χ2n) is 5.38. The zero-order valence-corrected chi connectivity index (χ0v) is 11.6. The Morgan fingerprint density at radius 3 is 2.58 bits per heavy atom. The molecular formula is C16H23NO2. The predicted octanol–water partition coefficient (Wildman–Crippen LogP) is 3.58. The third-order valence-electron chi connectivity index (χ3n) is 3.89. The molecule has 1 unspecified atom stereocenters. The fraction of sp³-hybridized carbons (Fsp3) is 0.562. The molecule has 0 radical (unpaired) electrons. The van der Waals surface area contributed by atoms with Crippen molar-refractivity contribution < 1.29 is 9.90 Å². The first-order valence-corrected chi connectivity index (χ1v) is 7.32. The number of hydrogen-bond acceptors (Lipinski definition) is 2. The molecule has 0 aromatic heterocycles. The molecule has 1 aromatic rings. The third kappa shape index (κ3) is 2.98. The normalized spacial score (nSPS) is 21.3. The van der Waals surface area contributed by atoms with Gasteiger partial charge in [0.25, 0.3) is 5.91 Å². The highest BCUT2D eigenvalue weighted by molar-refractivity contribution is 6.04. The van der Waals surface area contributed by atoms with Crippen LogP contribution in [0.1, 0.15) is 57.4 Å². The number of carbonyl (C=O) groups excluding carboxylic acids is 1. The summed E-state index contributed by atoms with van der Waals surface area (Å²) < 4.78 is 0. The van der Waals surface area contributed by atoms with E-state index in [0.29, 0.717) is 6.42 Å². The van der Waals surface area contributed by atoms with Crippen LogP contribution in [0.2, 0.25) is 0 Å². The molecule has 2 N–H and O–H groups in total. The molecule has 0 saturated heterocycles. The predicted molar refractivity (Wildman–Crippen MR) is 77.0 cm³/mol. The summed E-state index contributed by atoms with van der Waals surface area (Å²) >= 11 is 0. The largest absolute Gasteiger partial charge is 0.375 e. The molecule has 1 aliphatic heterocycles. The van der Waals surface area contributed by atoms with Crippen LogP contribution in [-0.4, -0.2) is 11.0 Å². The summed E-state index contributed by atoms with van der Waals surface area (Å²) in [7, 11) is 0. The van der Waals surface area contributed by atoms with E-state index < -0.39 is 5.60 Å². The van der Waals surface area contributed by atoms with Gasteiger partial charge in [0.2, 0.25) is 0 Å². The van der Waals surface area contributed by atoms with E-state index in [1.807, 2.05) is 24.3 Å². The number of benzene rings is 1. The van der Waals surface area contributed by atoms with Crippen molar-refractivity contribution >= 4 is 11.6 Å². The summed E-state index contributed by atoms with van der Waals surface area (Å²) in [5.74, 6) is -0.276. The van der Waals surface area contributed by atoms with Crippen molar-refractivity contribution in [3.05, 3.63) is 29.8 Å². The van der Waals surface area contributed by atoms with Gasteiger partial charge in [-0.05, 0) is 18.9 Å². The van der Waals surface area contributed by atoms with Crippen LogP contribution < -0.4 is 5.32 Å². The van der Waals surface area contributed by atoms with Crippen LogP contribution in [0.3, 0.4) is 0 Å². The summed E-state index contributed by atoms with van der Waals surface area (Å²) in [6.07, 6.45) is 7.43. The highest BCUT2D eigenvalue weighted by atomic mass is 16.3. The molecule has 0 aliphatic carbocycles. The molecule has 0 saturated carbocycles. The number of aliphatic hydroxyl groups is 1. The molecular weight excluding hydrogens is 238 g/mol. The highest BCUT2D eigenvalue weighted by Crippen LogP contribution is 2.39. The van der Waals surface area contributed by atoms with E-state index in [0.717, 1.165) is 24.1 Å². The Labute approximate surface area is 115 Å². The second-order valence-corrected chi connectivity index (χ2v) is 5.38. The first-order chi connectivity index (χ1) is 9.18. The van der Waals surface area contributed by atoms with Gasteiger partial charge >= 0.3 is 0 Å². The molecule has 19 heavy (non-hydrogen) atoms. The van der Waals surface area contributed by atoms with Crippen molar-refractivity contribution in [3.63, 3.8) is 0 Å². The lowest BCUT2D eigenvalue weighted by atomic mass is 9.89.